The smallest absolute Gasteiger partial charge is 0.382 e. The summed E-state index contributed by atoms with van der Waals surface area (Å²) in [6.07, 6.45) is -1.33. The number of ether oxygens (including phenoxy) is 1. The molecule has 3 rings (SSSR count). The second-order valence-electron chi connectivity index (χ2n) is 8.21. The van der Waals surface area contributed by atoms with Gasteiger partial charge in [0.1, 0.15) is 0 Å². The van der Waals surface area contributed by atoms with Crippen LogP contribution in [0.2, 0.25) is 0 Å². The Hall–Kier alpha value is -2.87. The number of hydrogen-bond acceptors (Lipinski definition) is 3. The first-order chi connectivity index (χ1) is 15.8. The predicted octanol–water partition coefficient (Wildman–Crippen LogP) is 5.31. The lowest BCUT2D eigenvalue weighted by Crippen LogP contribution is -2.38. The topological polar surface area (TPSA) is 67.4 Å². The van der Waals surface area contributed by atoms with Gasteiger partial charge in [0.05, 0.1) is 11.0 Å². The third-order valence-corrected chi connectivity index (χ3v) is 5.97. The highest BCUT2D eigenvalue weighted by Gasteiger charge is 2.44. The third kappa shape index (κ3) is 6.13. The highest BCUT2D eigenvalue weighted by molar-refractivity contribution is 6.01. The van der Waals surface area contributed by atoms with Crippen molar-refractivity contribution in [2.75, 3.05) is 25.1 Å². The second kappa shape index (κ2) is 10.8. The maximum atomic E-state index is 13.3. The largest absolute Gasteiger partial charge is 0.416 e. The van der Waals surface area contributed by atoms with Gasteiger partial charge in [0.15, 0.2) is 0 Å². The Labute approximate surface area is 191 Å². The molecule has 0 spiro atoms. The summed E-state index contributed by atoms with van der Waals surface area (Å²) >= 11 is 0. The molecule has 33 heavy (non-hydrogen) atoms. The number of alkyl halides is 3. The van der Waals surface area contributed by atoms with Crippen molar-refractivity contribution in [2.45, 2.75) is 50.6 Å². The summed E-state index contributed by atoms with van der Waals surface area (Å²) in [5, 5.41) is 5.65. The summed E-state index contributed by atoms with van der Waals surface area (Å²) in [7, 11) is 0. The van der Waals surface area contributed by atoms with Crippen molar-refractivity contribution in [2.24, 2.45) is 0 Å². The van der Waals surface area contributed by atoms with Crippen LogP contribution < -0.4 is 10.6 Å². The number of rotatable bonds is 9. The molecule has 0 radical (unpaired) electrons. The fourth-order valence-electron chi connectivity index (χ4n) is 4.23. The molecule has 2 aromatic rings. The molecule has 1 aliphatic carbocycles. The van der Waals surface area contributed by atoms with Gasteiger partial charge < -0.3 is 15.4 Å². The van der Waals surface area contributed by atoms with Gasteiger partial charge >= 0.3 is 6.18 Å². The van der Waals surface area contributed by atoms with Crippen LogP contribution >= 0.6 is 0 Å². The highest BCUT2D eigenvalue weighted by atomic mass is 19.4. The van der Waals surface area contributed by atoms with Gasteiger partial charge in [-0.1, -0.05) is 37.1 Å². The minimum Gasteiger partial charge on any atom is -0.382 e. The van der Waals surface area contributed by atoms with E-state index in [1.165, 1.54) is 6.07 Å². The number of nitrogens with one attached hydrogen (secondary N) is 2. The number of carbonyl (C=O) groups is 2. The molecular formula is C25H29F3N2O3. The van der Waals surface area contributed by atoms with Crippen LogP contribution in [0.3, 0.4) is 0 Å². The van der Waals surface area contributed by atoms with E-state index in [0.717, 1.165) is 25.0 Å². The van der Waals surface area contributed by atoms with Crippen molar-refractivity contribution < 1.29 is 27.5 Å². The molecule has 2 amide bonds. The lowest BCUT2D eigenvalue weighted by molar-refractivity contribution is -0.137. The fraction of sp³-hybridized carbons (Fsp3) is 0.440. The zero-order valence-corrected chi connectivity index (χ0v) is 18.6. The molecule has 0 bridgehead atoms. The summed E-state index contributed by atoms with van der Waals surface area (Å²) in [4.78, 5) is 25.8. The van der Waals surface area contributed by atoms with Gasteiger partial charge in [-0.3, -0.25) is 9.59 Å². The molecule has 0 saturated heterocycles. The zero-order valence-electron chi connectivity index (χ0n) is 18.6. The van der Waals surface area contributed by atoms with Crippen LogP contribution in [0.25, 0.3) is 0 Å². The lowest BCUT2D eigenvalue weighted by atomic mass is 9.77. The van der Waals surface area contributed by atoms with E-state index >= 15 is 0 Å². The SMILES string of the molecule is CCOCCCNC(=O)c1cccc(NC(=O)C2(c3cccc(C(F)(F)F)c3)CCCC2)c1. The van der Waals surface area contributed by atoms with E-state index in [-0.39, 0.29) is 11.8 Å². The molecule has 1 saturated carbocycles. The van der Waals surface area contributed by atoms with Crippen molar-refractivity contribution >= 4 is 17.5 Å². The molecule has 1 aliphatic rings. The minimum absolute atomic E-state index is 0.268. The lowest BCUT2D eigenvalue weighted by Gasteiger charge is -2.29. The van der Waals surface area contributed by atoms with Crippen LogP contribution in [-0.2, 0) is 21.1 Å². The van der Waals surface area contributed by atoms with Gasteiger partial charge in [0.2, 0.25) is 5.91 Å². The maximum Gasteiger partial charge on any atom is 0.416 e. The van der Waals surface area contributed by atoms with Gasteiger partial charge in [0, 0.05) is 31.0 Å². The molecule has 2 N–H and O–H groups in total. The minimum atomic E-state index is -4.48. The molecule has 0 heterocycles. The van der Waals surface area contributed by atoms with Crippen LogP contribution in [0.15, 0.2) is 48.5 Å². The number of amides is 2. The molecule has 0 aliphatic heterocycles. The molecule has 0 atom stereocenters. The quantitative estimate of drug-likeness (QED) is 0.496. The second-order valence-corrected chi connectivity index (χ2v) is 8.21. The number of halogens is 3. The number of hydrogen-bond donors (Lipinski definition) is 2. The molecule has 8 heteroatoms. The number of benzene rings is 2. The van der Waals surface area contributed by atoms with E-state index in [0.29, 0.717) is 55.8 Å². The van der Waals surface area contributed by atoms with Crippen LogP contribution in [-0.4, -0.2) is 31.6 Å². The predicted molar refractivity (Wildman–Crippen MR) is 120 cm³/mol. The average Bonchev–Trinajstić information content (AvgIpc) is 3.30. The Morgan fingerprint density at radius 1 is 1.06 bits per heavy atom. The standard InChI is InChI=1S/C25H29F3N2O3/c1-2-33-15-7-14-29-22(31)18-8-5-11-21(16-18)30-23(32)24(12-3-4-13-24)19-9-6-10-20(17-19)25(26,27)28/h5-6,8-11,16-17H,2-4,7,12-15H2,1H3,(H,29,31)(H,30,32). The molecular weight excluding hydrogens is 433 g/mol. The molecule has 2 aromatic carbocycles. The Balaban J connectivity index is 1.74. The summed E-state index contributed by atoms with van der Waals surface area (Å²) in [5.41, 5.74) is -0.597. The first-order valence-corrected chi connectivity index (χ1v) is 11.2. The third-order valence-electron chi connectivity index (χ3n) is 5.97. The van der Waals surface area contributed by atoms with E-state index in [1.807, 2.05) is 6.92 Å². The van der Waals surface area contributed by atoms with Crippen LogP contribution in [0, 0.1) is 0 Å². The molecule has 0 unspecified atom stereocenters. The van der Waals surface area contributed by atoms with Crippen molar-refractivity contribution in [3.63, 3.8) is 0 Å². The zero-order chi connectivity index (χ0) is 23.9. The summed E-state index contributed by atoms with van der Waals surface area (Å²) < 4.78 is 45.0. The number of carbonyl (C=O) groups excluding carboxylic acids is 2. The Bertz CT molecular complexity index is 969. The van der Waals surface area contributed by atoms with Crippen LogP contribution in [0.1, 0.15) is 60.5 Å². The van der Waals surface area contributed by atoms with Crippen LogP contribution in [0.4, 0.5) is 18.9 Å². The molecule has 5 nitrogen and oxygen atoms in total. The Kier molecular flexibility index (Phi) is 8.13. The van der Waals surface area contributed by atoms with E-state index in [4.69, 9.17) is 4.74 Å². The maximum absolute atomic E-state index is 13.3. The van der Waals surface area contributed by atoms with Crippen LogP contribution in [0.5, 0.6) is 0 Å². The fourth-order valence-corrected chi connectivity index (χ4v) is 4.23. The average molecular weight is 463 g/mol. The molecule has 1 fully saturated rings. The van der Waals surface area contributed by atoms with Crippen molar-refractivity contribution in [1.29, 1.82) is 0 Å². The monoisotopic (exact) mass is 462 g/mol. The molecule has 0 aromatic heterocycles. The summed E-state index contributed by atoms with van der Waals surface area (Å²) in [6.45, 7) is 3.55. The first kappa shape index (κ1) is 24.8. The summed E-state index contributed by atoms with van der Waals surface area (Å²) in [5.74, 6) is -0.621. The van der Waals surface area contributed by atoms with Gasteiger partial charge in [-0.15, -0.1) is 0 Å². The van der Waals surface area contributed by atoms with Crippen molar-refractivity contribution in [3.05, 3.63) is 65.2 Å². The van der Waals surface area contributed by atoms with Crippen molar-refractivity contribution in [1.82, 2.24) is 5.32 Å². The highest BCUT2D eigenvalue weighted by Crippen LogP contribution is 2.43. The van der Waals surface area contributed by atoms with E-state index in [1.54, 1.807) is 30.3 Å². The Morgan fingerprint density at radius 2 is 1.79 bits per heavy atom. The molecule has 178 valence electrons. The van der Waals surface area contributed by atoms with Gasteiger partial charge in [0.25, 0.3) is 5.91 Å². The van der Waals surface area contributed by atoms with Gasteiger partial charge in [-0.05, 0) is 56.0 Å². The van der Waals surface area contributed by atoms with E-state index in [2.05, 4.69) is 10.6 Å². The Morgan fingerprint density at radius 3 is 2.48 bits per heavy atom. The number of anilines is 1. The van der Waals surface area contributed by atoms with Gasteiger partial charge in [-0.2, -0.15) is 13.2 Å². The van der Waals surface area contributed by atoms with E-state index < -0.39 is 17.2 Å². The van der Waals surface area contributed by atoms with E-state index in [9.17, 15) is 22.8 Å². The van der Waals surface area contributed by atoms with Crippen molar-refractivity contribution in [3.8, 4) is 0 Å². The summed E-state index contributed by atoms with van der Waals surface area (Å²) in [6, 6.07) is 11.6. The first-order valence-electron chi connectivity index (χ1n) is 11.2. The van der Waals surface area contributed by atoms with Gasteiger partial charge in [-0.25, -0.2) is 0 Å². The normalized spacial score (nSPS) is 15.3.